The Morgan fingerprint density at radius 2 is 2.20 bits per heavy atom. The van der Waals surface area contributed by atoms with E-state index in [1.165, 1.54) is 12.1 Å². The molecule has 3 rings (SSSR count). The van der Waals surface area contributed by atoms with E-state index in [0.717, 1.165) is 42.9 Å². The predicted octanol–water partition coefficient (Wildman–Crippen LogP) is 2.40. The zero-order valence-corrected chi connectivity index (χ0v) is 14.6. The van der Waals surface area contributed by atoms with Crippen molar-refractivity contribution in [3.05, 3.63) is 53.1 Å². The van der Waals surface area contributed by atoms with Crippen molar-refractivity contribution in [2.75, 3.05) is 26.2 Å². The highest BCUT2D eigenvalue weighted by molar-refractivity contribution is 5.78. The van der Waals surface area contributed by atoms with Crippen LogP contribution in [0.1, 0.15) is 35.7 Å². The van der Waals surface area contributed by atoms with Gasteiger partial charge in [0, 0.05) is 24.7 Å². The van der Waals surface area contributed by atoms with Crippen molar-refractivity contribution < 1.29 is 9.18 Å². The number of hydrogen-bond donors (Lipinski definition) is 2. The van der Waals surface area contributed by atoms with Crippen LogP contribution in [0, 0.1) is 12.7 Å². The SMILES string of the molecule is Cc1cc(C2CCCN(CC(=O)NCCc3ccc(F)cc3)C2)n[nH]1. The summed E-state index contributed by atoms with van der Waals surface area (Å²) in [4.78, 5) is 14.4. The molecular weight excluding hydrogens is 319 g/mol. The smallest absolute Gasteiger partial charge is 0.234 e. The minimum Gasteiger partial charge on any atom is -0.355 e. The van der Waals surface area contributed by atoms with Crippen molar-refractivity contribution in [3.8, 4) is 0 Å². The molecule has 1 atom stereocenters. The molecule has 1 fully saturated rings. The van der Waals surface area contributed by atoms with Gasteiger partial charge in [0.25, 0.3) is 0 Å². The highest BCUT2D eigenvalue weighted by atomic mass is 19.1. The van der Waals surface area contributed by atoms with Crippen molar-refractivity contribution in [2.24, 2.45) is 0 Å². The molecule has 0 saturated carbocycles. The van der Waals surface area contributed by atoms with Crippen LogP contribution in [0.25, 0.3) is 0 Å². The quantitative estimate of drug-likeness (QED) is 0.846. The highest BCUT2D eigenvalue weighted by Crippen LogP contribution is 2.25. The number of carbonyl (C=O) groups is 1. The standard InChI is InChI=1S/C19H25FN4O/c1-14-11-18(23-22-14)16-3-2-10-24(12-16)13-19(25)21-9-8-15-4-6-17(20)7-5-15/h4-7,11,16H,2-3,8-10,12-13H2,1H3,(H,21,25)(H,22,23). The largest absolute Gasteiger partial charge is 0.355 e. The van der Waals surface area contributed by atoms with E-state index in [-0.39, 0.29) is 11.7 Å². The number of hydrogen-bond acceptors (Lipinski definition) is 3. The number of amides is 1. The number of aromatic nitrogens is 2. The number of halogens is 1. The molecule has 2 aromatic rings. The summed E-state index contributed by atoms with van der Waals surface area (Å²) < 4.78 is 12.9. The molecule has 1 aliphatic rings. The van der Waals surface area contributed by atoms with Gasteiger partial charge < -0.3 is 5.32 Å². The maximum atomic E-state index is 12.9. The van der Waals surface area contributed by atoms with Gasteiger partial charge in [-0.3, -0.25) is 14.8 Å². The Kier molecular flexibility index (Phi) is 5.81. The lowest BCUT2D eigenvalue weighted by Gasteiger charge is -2.31. The molecule has 0 spiro atoms. The van der Waals surface area contributed by atoms with E-state index < -0.39 is 0 Å². The molecule has 1 saturated heterocycles. The average Bonchev–Trinajstić information content (AvgIpc) is 3.03. The third-order valence-electron chi connectivity index (χ3n) is 4.67. The van der Waals surface area contributed by atoms with Gasteiger partial charge in [-0.25, -0.2) is 4.39 Å². The number of carbonyl (C=O) groups excluding carboxylic acids is 1. The summed E-state index contributed by atoms with van der Waals surface area (Å²) in [5.41, 5.74) is 3.19. The summed E-state index contributed by atoms with van der Waals surface area (Å²) in [7, 11) is 0. The molecule has 2 N–H and O–H groups in total. The summed E-state index contributed by atoms with van der Waals surface area (Å²) in [5.74, 6) is 0.200. The van der Waals surface area contributed by atoms with Gasteiger partial charge in [-0.15, -0.1) is 0 Å². The fraction of sp³-hybridized carbons (Fsp3) is 0.474. The van der Waals surface area contributed by atoms with Crippen LogP contribution in [0.5, 0.6) is 0 Å². The number of H-pyrrole nitrogens is 1. The van der Waals surface area contributed by atoms with E-state index in [4.69, 9.17) is 0 Å². The van der Waals surface area contributed by atoms with Crippen molar-refractivity contribution in [1.82, 2.24) is 20.4 Å². The summed E-state index contributed by atoms with van der Waals surface area (Å²) in [6.45, 7) is 4.82. The Hall–Kier alpha value is -2.21. The van der Waals surface area contributed by atoms with Gasteiger partial charge in [-0.1, -0.05) is 12.1 Å². The molecule has 0 radical (unpaired) electrons. The van der Waals surface area contributed by atoms with Crippen LogP contribution >= 0.6 is 0 Å². The summed E-state index contributed by atoms with van der Waals surface area (Å²) in [6.07, 6.45) is 2.91. The Balaban J connectivity index is 1.42. The molecule has 1 aromatic heterocycles. The molecule has 2 heterocycles. The van der Waals surface area contributed by atoms with Crippen molar-refractivity contribution >= 4 is 5.91 Å². The molecule has 1 amide bonds. The summed E-state index contributed by atoms with van der Waals surface area (Å²) >= 11 is 0. The molecule has 1 aromatic carbocycles. The molecular formula is C19H25FN4O. The molecule has 1 unspecified atom stereocenters. The molecule has 1 aliphatic heterocycles. The first-order chi connectivity index (χ1) is 12.1. The fourth-order valence-electron chi connectivity index (χ4n) is 3.35. The maximum absolute atomic E-state index is 12.9. The normalized spacial score (nSPS) is 18.2. The van der Waals surface area contributed by atoms with Crippen LogP contribution < -0.4 is 5.32 Å². The zero-order valence-electron chi connectivity index (χ0n) is 14.6. The summed E-state index contributed by atoms with van der Waals surface area (Å²) in [6, 6.07) is 8.49. The first-order valence-electron chi connectivity index (χ1n) is 8.85. The van der Waals surface area contributed by atoms with Crippen molar-refractivity contribution in [1.29, 1.82) is 0 Å². The Labute approximate surface area is 147 Å². The number of benzene rings is 1. The first-order valence-corrected chi connectivity index (χ1v) is 8.85. The van der Waals surface area contributed by atoms with E-state index in [1.54, 1.807) is 12.1 Å². The lowest BCUT2D eigenvalue weighted by atomic mass is 9.94. The van der Waals surface area contributed by atoms with E-state index in [2.05, 4.69) is 26.5 Å². The number of likely N-dealkylation sites (tertiary alicyclic amines) is 1. The Bertz CT molecular complexity index is 698. The van der Waals surface area contributed by atoms with E-state index >= 15 is 0 Å². The second-order valence-corrected chi connectivity index (χ2v) is 6.78. The molecule has 25 heavy (non-hydrogen) atoms. The number of nitrogens with zero attached hydrogens (tertiary/aromatic N) is 2. The van der Waals surface area contributed by atoms with Gasteiger partial charge in [0.15, 0.2) is 0 Å². The van der Waals surface area contributed by atoms with E-state index in [1.807, 2.05) is 6.92 Å². The second kappa shape index (κ2) is 8.25. The van der Waals surface area contributed by atoms with E-state index in [0.29, 0.717) is 25.4 Å². The number of rotatable bonds is 6. The Morgan fingerprint density at radius 3 is 2.92 bits per heavy atom. The lowest BCUT2D eigenvalue weighted by Crippen LogP contribution is -2.42. The zero-order chi connectivity index (χ0) is 17.6. The molecule has 134 valence electrons. The van der Waals surface area contributed by atoms with Crippen LogP contribution in [-0.4, -0.2) is 47.2 Å². The topological polar surface area (TPSA) is 61.0 Å². The third-order valence-corrected chi connectivity index (χ3v) is 4.67. The number of piperidine rings is 1. The highest BCUT2D eigenvalue weighted by Gasteiger charge is 2.24. The van der Waals surface area contributed by atoms with Crippen molar-refractivity contribution in [2.45, 2.75) is 32.1 Å². The monoisotopic (exact) mass is 344 g/mol. The van der Waals surface area contributed by atoms with Gasteiger partial charge >= 0.3 is 0 Å². The molecule has 5 nitrogen and oxygen atoms in total. The predicted molar refractivity (Wildman–Crippen MR) is 94.9 cm³/mol. The average molecular weight is 344 g/mol. The fourth-order valence-corrected chi connectivity index (χ4v) is 3.35. The number of nitrogens with one attached hydrogen (secondary N) is 2. The van der Waals surface area contributed by atoms with E-state index in [9.17, 15) is 9.18 Å². The minimum absolute atomic E-state index is 0.0426. The number of aryl methyl sites for hydroxylation is 1. The van der Waals surface area contributed by atoms with Crippen LogP contribution in [0.4, 0.5) is 4.39 Å². The van der Waals surface area contributed by atoms with Gasteiger partial charge in [0.2, 0.25) is 5.91 Å². The Morgan fingerprint density at radius 1 is 1.40 bits per heavy atom. The van der Waals surface area contributed by atoms with Gasteiger partial charge in [0.05, 0.1) is 12.2 Å². The third kappa shape index (κ3) is 5.13. The van der Waals surface area contributed by atoms with Crippen LogP contribution in [0.3, 0.4) is 0 Å². The first kappa shape index (κ1) is 17.6. The van der Waals surface area contributed by atoms with Crippen LogP contribution in [0.15, 0.2) is 30.3 Å². The molecule has 0 bridgehead atoms. The summed E-state index contributed by atoms with van der Waals surface area (Å²) in [5, 5.41) is 10.3. The molecule has 6 heteroatoms. The van der Waals surface area contributed by atoms with Crippen molar-refractivity contribution in [3.63, 3.8) is 0 Å². The van der Waals surface area contributed by atoms with Crippen LogP contribution in [-0.2, 0) is 11.2 Å². The van der Waals surface area contributed by atoms with Crippen LogP contribution in [0.2, 0.25) is 0 Å². The van der Waals surface area contributed by atoms with Gasteiger partial charge in [-0.2, -0.15) is 5.10 Å². The lowest BCUT2D eigenvalue weighted by molar-refractivity contribution is -0.122. The minimum atomic E-state index is -0.237. The second-order valence-electron chi connectivity index (χ2n) is 6.78. The molecule has 0 aliphatic carbocycles. The number of aromatic amines is 1. The van der Waals surface area contributed by atoms with Gasteiger partial charge in [0.1, 0.15) is 5.82 Å². The maximum Gasteiger partial charge on any atom is 0.234 e. The van der Waals surface area contributed by atoms with Gasteiger partial charge in [-0.05, 0) is 56.5 Å².